The van der Waals surface area contributed by atoms with Crippen molar-refractivity contribution in [3.8, 4) is 5.75 Å². The summed E-state index contributed by atoms with van der Waals surface area (Å²) in [4.78, 5) is 0. The fourth-order valence-corrected chi connectivity index (χ4v) is 2.68. The number of rotatable bonds is 7. The van der Waals surface area contributed by atoms with Gasteiger partial charge in [-0.1, -0.05) is 12.1 Å². The van der Waals surface area contributed by atoms with Gasteiger partial charge in [0.1, 0.15) is 5.75 Å². The monoisotopic (exact) mass is 291 g/mol. The Morgan fingerprint density at radius 3 is 2.63 bits per heavy atom. The van der Waals surface area contributed by atoms with Crippen LogP contribution in [-0.4, -0.2) is 28.9 Å². The van der Waals surface area contributed by atoms with E-state index in [-0.39, 0.29) is 17.8 Å². The zero-order valence-electron chi connectivity index (χ0n) is 11.2. The summed E-state index contributed by atoms with van der Waals surface area (Å²) in [5.74, 6) is 0.699. The quantitative estimate of drug-likeness (QED) is 0.839. The highest BCUT2D eigenvalue weighted by atomic mass is 32.2. The SMILES string of the molecule is CC(CS(C)=O)NC(C)c1cccc(OC(F)F)c1. The highest BCUT2D eigenvalue weighted by Gasteiger charge is 2.12. The largest absolute Gasteiger partial charge is 0.435 e. The van der Waals surface area contributed by atoms with Gasteiger partial charge in [-0.15, -0.1) is 0 Å². The average molecular weight is 291 g/mol. The first-order chi connectivity index (χ1) is 8.88. The fraction of sp³-hybridized carbons (Fsp3) is 0.538. The van der Waals surface area contributed by atoms with Crippen molar-refractivity contribution in [2.24, 2.45) is 0 Å². The van der Waals surface area contributed by atoms with Gasteiger partial charge in [0.15, 0.2) is 0 Å². The Balaban J connectivity index is 2.65. The minimum Gasteiger partial charge on any atom is -0.435 e. The lowest BCUT2D eigenvalue weighted by Crippen LogP contribution is -2.33. The summed E-state index contributed by atoms with van der Waals surface area (Å²) in [5, 5.41) is 3.27. The molecule has 0 aliphatic carbocycles. The maximum atomic E-state index is 12.1. The minimum atomic E-state index is -2.82. The summed E-state index contributed by atoms with van der Waals surface area (Å²) in [6.07, 6.45) is 1.65. The molecular formula is C13H19F2NO2S. The first-order valence-corrected chi connectivity index (χ1v) is 7.72. The third kappa shape index (κ3) is 6.11. The number of nitrogens with one attached hydrogen (secondary N) is 1. The second kappa shape index (κ2) is 7.55. The van der Waals surface area contributed by atoms with Gasteiger partial charge in [-0.25, -0.2) is 0 Å². The Labute approximate surface area is 114 Å². The molecule has 0 amide bonds. The molecule has 1 N–H and O–H groups in total. The van der Waals surface area contributed by atoms with Crippen LogP contribution in [0.4, 0.5) is 8.78 Å². The summed E-state index contributed by atoms with van der Waals surface area (Å²) < 4.78 is 39.8. The second-order valence-corrected chi connectivity index (χ2v) is 5.96. The molecule has 0 aliphatic rings. The van der Waals surface area contributed by atoms with Crippen LogP contribution in [0.15, 0.2) is 24.3 Å². The molecule has 0 fully saturated rings. The van der Waals surface area contributed by atoms with E-state index < -0.39 is 17.4 Å². The Bertz CT molecular complexity index is 429. The van der Waals surface area contributed by atoms with Gasteiger partial charge in [0.25, 0.3) is 0 Å². The van der Waals surface area contributed by atoms with E-state index in [4.69, 9.17) is 0 Å². The van der Waals surface area contributed by atoms with Gasteiger partial charge in [-0.3, -0.25) is 4.21 Å². The highest BCUT2D eigenvalue weighted by molar-refractivity contribution is 7.84. The molecule has 3 unspecified atom stereocenters. The van der Waals surface area contributed by atoms with E-state index in [1.165, 1.54) is 6.07 Å². The second-order valence-electron chi connectivity index (χ2n) is 4.48. The van der Waals surface area contributed by atoms with E-state index in [1.807, 2.05) is 19.9 Å². The average Bonchev–Trinajstić information content (AvgIpc) is 2.27. The molecule has 0 aliphatic heterocycles. The number of halogens is 2. The van der Waals surface area contributed by atoms with Gasteiger partial charge >= 0.3 is 6.61 Å². The zero-order chi connectivity index (χ0) is 14.4. The third-order valence-corrected chi connectivity index (χ3v) is 3.57. The summed E-state index contributed by atoms with van der Waals surface area (Å²) in [5.41, 5.74) is 0.854. The van der Waals surface area contributed by atoms with Crippen LogP contribution in [0.1, 0.15) is 25.5 Å². The smallest absolute Gasteiger partial charge is 0.387 e. The number of ether oxygens (including phenoxy) is 1. The van der Waals surface area contributed by atoms with Gasteiger partial charge in [0.2, 0.25) is 0 Å². The number of benzene rings is 1. The molecule has 108 valence electrons. The standard InChI is InChI=1S/C13H19F2NO2S/c1-9(8-19(3)17)16-10(2)11-5-4-6-12(7-11)18-13(14)15/h4-7,9-10,13,16H,8H2,1-3H3. The van der Waals surface area contributed by atoms with E-state index in [0.717, 1.165) is 5.56 Å². The Morgan fingerprint density at radius 1 is 1.37 bits per heavy atom. The van der Waals surface area contributed by atoms with Crippen molar-refractivity contribution in [3.05, 3.63) is 29.8 Å². The normalized spacial score (nSPS) is 16.1. The summed E-state index contributed by atoms with van der Waals surface area (Å²) in [6.45, 7) is 1.05. The lowest BCUT2D eigenvalue weighted by Gasteiger charge is -2.20. The topological polar surface area (TPSA) is 38.3 Å². The molecular weight excluding hydrogens is 272 g/mol. The van der Waals surface area contributed by atoms with Crippen molar-refractivity contribution in [1.29, 1.82) is 0 Å². The molecule has 1 rings (SSSR count). The van der Waals surface area contributed by atoms with E-state index in [0.29, 0.717) is 5.75 Å². The molecule has 0 heterocycles. The van der Waals surface area contributed by atoms with Crippen LogP contribution in [0.2, 0.25) is 0 Å². The van der Waals surface area contributed by atoms with Crippen LogP contribution in [0.5, 0.6) is 5.75 Å². The lowest BCUT2D eigenvalue weighted by molar-refractivity contribution is -0.0499. The summed E-state index contributed by atoms with van der Waals surface area (Å²) >= 11 is 0. The van der Waals surface area contributed by atoms with Crippen molar-refractivity contribution < 1.29 is 17.7 Å². The molecule has 0 bridgehead atoms. The Morgan fingerprint density at radius 2 is 2.05 bits per heavy atom. The number of hydrogen-bond acceptors (Lipinski definition) is 3. The van der Waals surface area contributed by atoms with E-state index in [1.54, 1.807) is 18.4 Å². The van der Waals surface area contributed by atoms with E-state index in [9.17, 15) is 13.0 Å². The first-order valence-electron chi connectivity index (χ1n) is 5.99. The summed E-state index contributed by atoms with van der Waals surface area (Å²) in [7, 11) is -0.867. The van der Waals surface area contributed by atoms with Gasteiger partial charge in [0, 0.05) is 34.9 Å². The molecule has 3 nitrogen and oxygen atoms in total. The first kappa shape index (κ1) is 16.0. The molecule has 0 saturated carbocycles. The van der Waals surface area contributed by atoms with Crippen molar-refractivity contribution >= 4 is 10.8 Å². The van der Waals surface area contributed by atoms with E-state index in [2.05, 4.69) is 10.1 Å². The minimum absolute atomic E-state index is 0.0280. The molecule has 0 saturated heterocycles. The van der Waals surface area contributed by atoms with Gasteiger partial charge in [-0.2, -0.15) is 8.78 Å². The molecule has 6 heteroatoms. The number of alkyl halides is 2. The van der Waals surface area contributed by atoms with Crippen LogP contribution in [0, 0.1) is 0 Å². The van der Waals surface area contributed by atoms with Crippen molar-refractivity contribution in [2.45, 2.75) is 32.5 Å². The molecule has 0 radical (unpaired) electrons. The Kier molecular flexibility index (Phi) is 6.37. The highest BCUT2D eigenvalue weighted by Crippen LogP contribution is 2.21. The van der Waals surface area contributed by atoms with Crippen molar-refractivity contribution in [3.63, 3.8) is 0 Å². The predicted octanol–water partition coefficient (Wildman–Crippen LogP) is 2.71. The van der Waals surface area contributed by atoms with Crippen LogP contribution in [-0.2, 0) is 10.8 Å². The van der Waals surface area contributed by atoms with E-state index >= 15 is 0 Å². The van der Waals surface area contributed by atoms with Crippen LogP contribution in [0.3, 0.4) is 0 Å². The molecule has 0 aromatic heterocycles. The van der Waals surface area contributed by atoms with Crippen molar-refractivity contribution in [2.75, 3.05) is 12.0 Å². The van der Waals surface area contributed by atoms with Crippen LogP contribution < -0.4 is 10.1 Å². The van der Waals surface area contributed by atoms with Crippen LogP contribution >= 0.6 is 0 Å². The predicted molar refractivity (Wildman–Crippen MR) is 73.0 cm³/mol. The third-order valence-electron chi connectivity index (χ3n) is 2.60. The zero-order valence-corrected chi connectivity index (χ0v) is 12.0. The van der Waals surface area contributed by atoms with Crippen LogP contribution in [0.25, 0.3) is 0 Å². The molecule has 0 spiro atoms. The molecule has 3 atom stereocenters. The van der Waals surface area contributed by atoms with Gasteiger partial charge < -0.3 is 10.1 Å². The Hall–Kier alpha value is -1.01. The lowest BCUT2D eigenvalue weighted by atomic mass is 10.1. The van der Waals surface area contributed by atoms with Crippen molar-refractivity contribution in [1.82, 2.24) is 5.32 Å². The molecule has 19 heavy (non-hydrogen) atoms. The number of hydrogen-bond donors (Lipinski definition) is 1. The molecule has 1 aromatic rings. The maximum Gasteiger partial charge on any atom is 0.387 e. The van der Waals surface area contributed by atoms with Gasteiger partial charge in [-0.05, 0) is 31.5 Å². The summed E-state index contributed by atoms with van der Waals surface area (Å²) in [6, 6.07) is 6.64. The maximum absolute atomic E-state index is 12.1. The fourth-order valence-electron chi connectivity index (χ4n) is 1.88. The van der Waals surface area contributed by atoms with Gasteiger partial charge in [0.05, 0.1) is 0 Å². The molecule has 1 aromatic carbocycles.